The maximum atomic E-state index is 6.16. The number of nitrogens with zero attached hydrogens (tertiary/aromatic N) is 2. The fourth-order valence-corrected chi connectivity index (χ4v) is 3.99. The molecule has 0 amide bonds. The largest absolute Gasteiger partial charge is 0.374 e. The fraction of sp³-hybridized carbons (Fsp3) is 0.812. The van der Waals surface area contributed by atoms with Gasteiger partial charge in [-0.3, -0.25) is 4.68 Å². The van der Waals surface area contributed by atoms with Gasteiger partial charge in [-0.15, -0.1) is 0 Å². The average molecular weight is 358 g/mol. The highest BCUT2D eigenvalue weighted by atomic mass is 79.9. The number of likely N-dealkylation sites (N-methyl/N-ethyl adjacent to an activating group) is 1. The van der Waals surface area contributed by atoms with Crippen LogP contribution in [0.5, 0.6) is 0 Å². The zero-order valence-corrected chi connectivity index (χ0v) is 15.3. The Morgan fingerprint density at radius 1 is 1.43 bits per heavy atom. The lowest BCUT2D eigenvalue weighted by atomic mass is 9.85. The van der Waals surface area contributed by atoms with Crippen LogP contribution >= 0.6 is 15.9 Å². The van der Waals surface area contributed by atoms with Crippen molar-refractivity contribution in [2.75, 3.05) is 13.2 Å². The minimum absolute atomic E-state index is 0.0790. The van der Waals surface area contributed by atoms with Gasteiger partial charge in [-0.05, 0) is 55.1 Å². The van der Waals surface area contributed by atoms with Crippen molar-refractivity contribution in [1.82, 2.24) is 15.1 Å². The van der Waals surface area contributed by atoms with Gasteiger partial charge in [-0.2, -0.15) is 5.10 Å². The normalized spacial score (nSPS) is 24.2. The molecular weight excluding hydrogens is 330 g/mol. The maximum absolute atomic E-state index is 6.16. The highest BCUT2D eigenvalue weighted by Gasteiger charge is 2.37. The molecule has 0 saturated carbocycles. The summed E-state index contributed by atoms with van der Waals surface area (Å²) in [5, 5.41) is 8.25. The van der Waals surface area contributed by atoms with E-state index in [4.69, 9.17) is 4.74 Å². The molecule has 0 aromatic carbocycles. The molecule has 5 heteroatoms. The molecule has 0 radical (unpaired) electrons. The summed E-state index contributed by atoms with van der Waals surface area (Å²) in [4.78, 5) is 0. The molecule has 2 rings (SSSR count). The third-order valence-corrected chi connectivity index (χ3v) is 5.50. The van der Waals surface area contributed by atoms with Gasteiger partial charge in [0.25, 0.3) is 0 Å². The van der Waals surface area contributed by atoms with Crippen LogP contribution in [0.3, 0.4) is 0 Å². The summed E-state index contributed by atoms with van der Waals surface area (Å²) in [5.41, 5.74) is 2.32. The van der Waals surface area contributed by atoms with Gasteiger partial charge in [-0.1, -0.05) is 13.8 Å². The van der Waals surface area contributed by atoms with Crippen LogP contribution in [0.1, 0.15) is 51.4 Å². The molecule has 1 aromatic heterocycles. The number of aromatic nitrogens is 2. The Bertz CT molecular complexity index is 466. The summed E-state index contributed by atoms with van der Waals surface area (Å²) in [6.07, 6.45) is 5.46. The number of hydrogen-bond donors (Lipinski definition) is 1. The quantitative estimate of drug-likeness (QED) is 0.849. The van der Waals surface area contributed by atoms with E-state index in [2.05, 4.69) is 47.1 Å². The molecule has 1 aromatic rings. The molecule has 1 N–H and O–H groups in total. The molecule has 21 heavy (non-hydrogen) atoms. The van der Waals surface area contributed by atoms with Gasteiger partial charge in [0, 0.05) is 26.1 Å². The Hall–Kier alpha value is -0.390. The Labute approximate surface area is 136 Å². The van der Waals surface area contributed by atoms with E-state index in [1.54, 1.807) is 0 Å². The van der Waals surface area contributed by atoms with Crippen LogP contribution in [0.15, 0.2) is 4.47 Å². The van der Waals surface area contributed by atoms with Crippen molar-refractivity contribution in [1.29, 1.82) is 0 Å². The van der Waals surface area contributed by atoms with Gasteiger partial charge in [0.15, 0.2) is 0 Å². The molecule has 2 heterocycles. The topological polar surface area (TPSA) is 39.1 Å². The lowest BCUT2D eigenvalue weighted by Gasteiger charge is -2.41. The first-order valence-electron chi connectivity index (χ1n) is 8.09. The third kappa shape index (κ3) is 3.69. The van der Waals surface area contributed by atoms with Crippen molar-refractivity contribution in [3.8, 4) is 0 Å². The van der Waals surface area contributed by atoms with Crippen molar-refractivity contribution in [3.63, 3.8) is 0 Å². The number of halogens is 1. The SMILES string of the molecule is CCNC(Cc1c(Br)c(CC)nn1C)C1(C)CCCCO1. The van der Waals surface area contributed by atoms with E-state index >= 15 is 0 Å². The molecule has 120 valence electrons. The molecule has 0 aliphatic carbocycles. The van der Waals surface area contributed by atoms with Crippen molar-refractivity contribution in [2.24, 2.45) is 7.05 Å². The van der Waals surface area contributed by atoms with E-state index in [0.29, 0.717) is 6.04 Å². The summed E-state index contributed by atoms with van der Waals surface area (Å²) in [6, 6.07) is 0.319. The second kappa shape index (κ2) is 7.25. The Balaban J connectivity index is 2.21. The van der Waals surface area contributed by atoms with E-state index in [9.17, 15) is 0 Å². The van der Waals surface area contributed by atoms with Gasteiger partial charge in [0.1, 0.15) is 0 Å². The van der Waals surface area contributed by atoms with Gasteiger partial charge < -0.3 is 10.1 Å². The summed E-state index contributed by atoms with van der Waals surface area (Å²) in [5.74, 6) is 0. The van der Waals surface area contributed by atoms with Crippen LogP contribution in [0.2, 0.25) is 0 Å². The first-order valence-corrected chi connectivity index (χ1v) is 8.88. The number of rotatable bonds is 6. The molecule has 2 unspecified atom stereocenters. The van der Waals surface area contributed by atoms with E-state index in [0.717, 1.165) is 42.6 Å². The molecule has 1 fully saturated rings. The molecule has 1 aliphatic rings. The Kier molecular flexibility index (Phi) is 5.86. The predicted molar refractivity (Wildman–Crippen MR) is 89.7 cm³/mol. The molecule has 1 saturated heterocycles. The highest BCUT2D eigenvalue weighted by molar-refractivity contribution is 9.10. The molecule has 1 aliphatic heterocycles. The lowest BCUT2D eigenvalue weighted by molar-refractivity contribution is -0.0884. The van der Waals surface area contributed by atoms with Crippen LogP contribution in [-0.4, -0.2) is 34.6 Å². The van der Waals surface area contributed by atoms with Crippen molar-refractivity contribution in [3.05, 3.63) is 15.9 Å². The van der Waals surface area contributed by atoms with E-state index in [1.165, 1.54) is 18.5 Å². The zero-order valence-electron chi connectivity index (χ0n) is 13.7. The minimum atomic E-state index is -0.0790. The fourth-order valence-electron chi connectivity index (χ4n) is 3.22. The molecule has 4 nitrogen and oxygen atoms in total. The summed E-state index contributed by atoms with van der Waals surface area (Å²) >= 11 is 3.73. The van der Waals surface area contributed by atoms with Crippen LogP contribution in [-0.2, 0) is 24.6 Å². The number of aryl methyl sites for hydroxylation is 2. The van der Waals surface area contributed by atoms with Gasteiger partial charge in [-0.25, -0.2) is 0 Å². The molecular formula is C16H28BrN3O. The summed E-state index contributed by atoms with van der Waals surface area (Å²) in [6.45, 7) is 8.40. The molecule has 0 spiro atoms. The number of ether oxygens (including phenoxy) is 1. The Morgan fingerprint density at radius 2 is 2.19 bits per heavy atom. The van der Waals surface area contributed by atoms with Crippen LogP contribution in [0.4, 0.5) is 0 Å². The van der Waals surface area contributed by atoms with Gasteiger partial charge in [0.05, 0.1) is 21.5 Å². The van der Waals surface area contributed by atoms with Gasteiger partial charge >= 0.3 is 0 Å². The second-order valence-electron chi connectivity index (χ2n) is 6.12. The average Bonchev–Trinajstić information content (AvgIpc) is 2.74. The standard InChI is InChI=1S/C16H28BrN3O/c1-5-12-15(17)13(20(4)19-12)11-14(18-6-2)16(3)9-7-8-10-21-16/h14,18H,5-11H2,1-4H3. The van der Waals surface area contributed by atoms with Crippen molar-refractivity contribution >= 4 is 15.9 Å². The first kappa shape index (κ1) is 17.0. The summed E-state index contributed by atoms with van der Waals surface area (Å²) < 4.78 is 9.33. The highest BCUT2D eigenvalue weighted by Crippen LogP contribution is 2.31. The third-order valence-electron chi connectivity index (χ3n) is 4.59. The maximum Gasteiger partial charge on any atom is 0.0810 e. The molecule has 0 bridgehead atoms. The first-order chi connectivity index (χ1) is 10.0. The zero-order chi connectivity index (χ0) is 15.5. The minimum Gasteiger partial charge on any atom is -0.374 e. The van der Waals surface area contributed by atoms with E-state index in [1.807, 2.05) is 11.7 Å². The van der Waals surface area contributed by atoms with Crippen LogP contribution in [0, 0.1) is 0 Å². The van der Waals surface area contributed by atoms with Crippen LogP contribution in [0.25, 0.3) is 0 Å². The Morgan fingerprint density at radius 3 is 2.71 bits per heavy atom. The van der Waals surface area contributed by atoms with Crippen LogP contribution < -0.4 is 5.32 Å². The van der Waals surface area contributed by atoms with Crippen molar-refractivity contribution < 1.29 is 4.74 Å². The number of hydrogen-bond acceptors (Lipinski definition) is 3. The van der Waals surface area contributed by atoms with Gasteiger partial charge in [0.2, 0.25) is 0 Å². The number of nitrogens with one attached hydrogen (secondary N) is 1. The summed E-state index contributed by atoms with van der Waals surface area (Å²) in [7, 11) is 2.03. The second-order valence-corrected chi connectivity index (χ2v) is 6.91. The lowest BCUT2D eigenvalue weighted by Crippen LogP contribution is -2.53. The van der Waals surface area contributed by atoms with Crippen molar-refractivity contribution in [2.45, 2.75) is 64.5 Å². The molecule has 2 atom stereocenters. The predicted octanol–water partition coefficient (Wildman–Crippen LogP) is 3.22. The smallest absolute Gasteiger partial charge is 0.0810 e. The van der Waals surface area contributed by atoms with E-state index in [-0.39, 0.29) is 5.60 Å². The monoisotopic (exact) mass is 357 g/mol. The van der Waals surface area contributed by atoms with E-state index < -0.39 is 0 Å².